The first-order valence-corrected chi connectivity index (χ1v) is 6.76. The summed E-state index contributed by atoms with van der Waals surface area (Å²) in [5.74, 6) is -0.424. The van der Waals surface area contributed by atoms with Crippen LogP contribution in [-0.4, -0.2) is 31.1 Å². The van der Waals surface area contributed by atoms with E-state index < -0.39 is 10.8 Å². The maximum Gasteiger partial charge on any atom is 0.298 e. The first-order chi connectivity index (χ1) is 9.51. The second-order valence-corrected chi connectivity index (χ2v) is 5.90. The van der Waals surface area contributed by atoms with E-state index in [0.29, 0.717) is 9.37 Å². The van der Waals surface area contributed by atoms with Crippen molar-refractivity contribution in [1.82, 2.24) is 15.2 Å². The van der Waals surface area contributed by atoms with E-state index in [2.05, 4.69) is 20.3 Å². The van der Waals surface area contributed by atoms with Crippen LogP contribution in [0.2, 0.25) is 0 Å². The predicted molar refractivity (Wildman–Crippen MR) is 72.2 cm³/mol. The van der Waals surface area contributed by atoms with Crippen LogP contribution in [0.25, 0.3) is 0 Å². The molecule has 3 N–H and O–H groups in total. The second kappa shape index (κ2) is 5.79. The summed E-state index contributed by atoms with van der Waals surface area (Å²) in [6.07, 6.45) is 0. The Morgan fingerprint density at radius 2 is 2.30 bits per heavy atom. The molecule has 0 aliphatic carbocycles. The van der Waals surface area contributed by atoms with E-state index >= 15 is 0 Å². The summed E-state index contributed by atoms with van der Waals surface area (Å²) >= 11 is 2.56. The van der Waals surface area contributed by atoms with Crippen molar-refractivity contribution in [1.29, 1.82) is 0 Å². The van der Waals surface area contributed by atoms with Gasteiger partial charge in [0, 0.05) is 6.07 Å². The molecule has 0 radical (unpaired) electrons. The molecule has 0 fully saturated rings. The Morgan fingerprint density at radius 1 is 1.55 bits per heavy atom. The lowest BCUT2D eigenvalue weighted by Gasteiger charge is -2.02. The van der Waals surface area contributed by atoms with Gasteiger partial charge < -0.3 is 10.9 Å². The molecule has 0 spiro atoms. The zero-order valence-corrected chi connectivity index (χ0v) is 11.7. The van der Waals surface area contributed by atoms with E-state index in [9.17, 15) is 10.1 Å². The largest absolute Gasteiger partial charge is 0.409 e. The van der Waals surface area contributed by atoms with Crippen LogP contribution in [0.5, 0.6) is 0 Å². The van der Waals surface area contributed by atoms with Crippen LogP contribution in [0.1, 0.15) is 10.7 Å². The highest BCUT2D eigenvalue weighted by Gasteiger charge is 2.20. The third-order valence-corrected chi connectivity index (χ3v) is 3.92. The van der Waals surface area contributed by atoms with E-state index in [4.69, 9.17) is 10.9 Å². The topological polar surface area (TPSA) is 140 Å². The molecule has 0 aliphatic heterocycles. The Labute approximate surface area is 120 Å². The molecule has 0 unspecified atom stereocenters. The number of aromatic nitrogens is 3. The zero-order valence-electron chi connectivity index (χ0n) is 10.0. The van der Waals surface area contributed by atoms with E-state index in [1.54, 1.807) is 0 Å². The van der Waals surface area contributed by atoms with Gasteiger partial charge in [0.05, 0.1) is 4.92 Å². The number of aryl methyl sites for hydroxylation is 1. The van der Waals surface area contributed by atoms with Gasteiger partial charge in [-0.25, -0.2) is 4.98 Å². The first-order valence-electron chi connectivity index (χ1n) is 5.12. The maximum atomic E-state index is 10.9. The number of nitrogens with two attached hydrogens (primary N) is 1. The number of nitrogens with zero attached hydrogens (tertiary/aromatic N) is 5. The van der Waals surface area contributed by atoms with Crippen molar-refractivity contribution in [2.45, 2.75) is 16.3 Å². The molecule has 11 heteroatoms. The third-order valence-electron chi connectivity index (χ3n) is 2.09. The lowest BCUT2D eigenvalue weighted by molar-refractivity contribution is -0.385. The van der Waals surface area contributed by atoms with Gasteiger partial charge in [0.2, 0.25) is 0 Å². The SMILES string of the molecule is Cc1nnc(Sc2ccc([N+](=O)[O-])c(/C(N)=N/O)n2)s1. The molecule has 2 aromatic heterocycles. The Kier molecular flexibility index (Phi) is 4.10. The minimum atomic E-state index is -0.649. The molecule has 2 aromatic rings. The van der Waals surface area contributed by atoms with Crippen LogP contribution in [0, 0.1) is 17.0 Å². The number of oxime groups is 1. The van der Waals surface area contributed by atoms with Gasteiger partial charge in [-0.15, -0.1) is 10.2 Å². The second-order valence-electron chi connectivity index (χ2n) is 3.45. The Hall–Kier alpha value is -2.27. The van der Waals surface area contributed by atoms with Gasteiger partial charge in [-0.2, -0.15) is 0 Å². The van der Waals surface area contributed by atoms with Crippen LogP contribution < -0.4 is 5.73 Å². The van der Waals surface area contributed by atoms with Crippen molar-refractivity contribution in [3.63, 3.8) is 0 Å². The van der Waals surface area contributed by atoms with Crippen molar-refractivity contribution in [3.8, 4) is 0 Å². The lowest BCUT2D eigenvalue weighted by Crippen LogP contribution is -2.17. The number of hydrogen-bond donors (Lipinski definition) is 2. The van der Waals surface area contributed by atoms with E-state index in [1.165, 1.54) is 35.2 Å². The van der Waals surface area contributed by atoms with Crippen LogP contribution >= 0.6 is 23.1 Å². The van der Waals surface area contributed by atoms with Crippen molar-refractivity contribution in [2.24, 2.45) is 10.9 Å². The van der Waals surface area contributed by atoms with Crippen molar-refractivity contribution >= 4 is 34.6 Å². The molecule has 0 bridgehead atoms. The minimum Gasteiger partial charge on any atom is -0.409 e. The van der Waals surface area contributed by atoms with E-state index in [-0.39, 0.29) is 11.4 Å². The Bertz CT molecular complexity index is 686. The average molecular weight is 312 g/mol. The molecule has 0 aromatic carbocycles. The van der Waals surface area contributed by atoms with Gasteiger partial charge in [-0.05, 0) is 24.8 Å². The highest BCUT2D eigenvalue weighted by Crippen LogP contribution is 2.30. The van der Waals surface area contributed by atoms with Gasteiger partial charge in [-0.1, -0.05) is 16.5 Å². The quantitative estimate of drug-likeness (QED) is 0.284. The molecule has 9 nitrogen and oxygen atoms in total. The molecule has 0 saturated heterocycles. The number of pyridine rings is 1. The molecular formula is C9H8N6O3S2. The van der Waals surface area contributed by atoms with Gasteiger partial charge in [0.25, 0.3) is 5.69 Å². The normalized spacial score (nSPS) is 11.6. The molecule has 2 rings (SSSR count). The fourth-order valence-electron chi connectivity index (χ4n) is 1.28. The maximum absolute atomic E-state index is 10.9. The van der Waals surface area contributed by atoms with Gasteiger partial charge in [0.1, 0.15) is 10.0 Å². The molecule has 104 valence electrons. The fourth-order valence-corrected chi connectivity index (χ4v) is 3.02. The molecule has 0 atom stereocenters. The van der Waals surface area contributed by atoms with Crippen molar-refractivity contribution < 1.29 is 10.1 Å². The summed E-state index contributed by atoms with van der Waals surface area (Å²) in [4.78, 5) is 14.2. The summed E-state index contributed by atoms with van der Waals surface area (Å²) in [5, 5.41) is 31.3. The molecule has 0 saturated carbocycles. The number of nitro groups is 1. The van der Waals surface area contributed by atoms with Crippen LogP contribution in [0.3, 0.4) is 0 Å². The van der Waals surface area contributed by atoms with Gasteiger partial charge in [-0.3, -0.25) is 10.1 Å². The Morgan fingerprint density at radius 3 is 2.85 bits per heavy atom. The minimum absolute atomic E-state index is 0.191. The fraction of sp³-hybridized carbons (Fsp3) is 0.111. The van der Waals surface area contributed by atoms with Crippen LogP contribution in [-0.2, 0) is 0 Å². The van der Waals surface area contributed by atoms with E-state index in [0.717, 1.165) is 5.01 Å². The summed E-state index contributed by atoms with van der Waals surface area (Å²) in [5.41, 5.74) is 4.87. The summed E-state index contributed by atoms with van der Waals surface area (Å²) in [7, 11) is 0. The van der Waals surface area contributed by atoms with E-state index in [1.807, 2.05) is 6.92 Å². The first kappa shape index (κ1) is 14.1. The average Bonchev–Trinajstić information content (AvgIpc) is 2.82. The predicted octanol–water partition coefficient (Wildman–Crippen LogP) is 1.40. The van der Waals surface area contributed by atoms with Gasteiger partial charge >= 0.3 is 0 Å². The molecule has 0 amide bonds. The molecule has 20 heavy (non-hydrogen) atoms. The summed E-state index contributed by atoms with van der Waals surface area (Å²) < 4.78 is 0.648. The van der Waals surface area contributed by atoms with Gasteiger partial charge in [0.15, 0.2) is 15.9 Å². The number of hydrogen-bond acceptors (Lipinski definition) is 9. The van der Waals surface area contributed by atoms with Crippen LogP contribution in [0.4, 0.5) is 5.69 Å². The Balaban J connectivity index is 2.39. The summed E-state index contributed by atoms with van der Waals surface area (Å²) in [6.45, 7) is 1.81. The highest BCUT2D eigenvalue weighted by molar-refractivity contribution is 8.01. The smallest absolute Gasteiger partial charge is 0.298 e. The highest BCUT2D eigenvalue weighted by atomic mass is 32.2. The zero-order chi connectivity index (χ0) is 14.7. The third kappa shape index (κ3) is 3.00. The molecule has 2 heterocycles. The standard InChI is InChI=1S/C9H8N6O3S2/c1-4-12-13-9(19-4)20-6-3-2-5(15(17)18)7(11-6)8(10)14-16/h2-3,16H,1H3,(H2,10,14). The van der Waals surface area contributed by atoms with Crippen molar-refractivity contribution in [3.05, 3.63) is 32.9 Å². The van der Waals surface area contributed by atoms with Crippen LogP contribution in [0.15, 0.2) is 26.7 Å². The van der Waals surface area contributed by atoms with Crippen molar-refractivity contribution in [2.75, 3.05) is 0 Å². The summed E-state index contributed by atoms with van der Waals surface area (Å²) in [6, 6.07) is 2.71. The molecule has 0 aliphatic rings. The number of rotatable bonds is 4. The molecular weight excluding hydrogens is 304 g/mol. The lowest BCUT2D eigenvalue weighted by atomic mass is 10.3. The monoisotopic (exact) mass is 312 g/mol. The number of amidine groups is 1.